The van der Waals surface area contributed by atoms with Crippen LogP contribution in [-0.2, 0) is 11.3 Å². The fraction of sp³-hybridized carbons (Fsp3) is 0.579. The Kier molecular flexibility index (Phi) is 5.19. The predicted molar refractivity (Wildman–Crippen MR) is 93.2 cm³/mol. The summed E-state index contributed by atoms with van der Waals surface area (Å²) in [4.78, 5) is 24.5. The Labute approximate surface area is 143 Å². The molecule has 5 nitrogen and oxygen atoms in total. The van der Waals surface area contributed by atoms with Crippen LogP contribution in [0.1, 0.15) is 48.5 Å². The Bertz CT molecular complexity index is 614. The number of carbonyl (C=O) groups excluding carboxylic acids is 2. The van der Waals surface area contributed by atoms with Crippen LogP contribution in [0.3, 0.4) is 0 Å². The van der Waals surface area contributed by atoms with Crippen molar-refractivity contribution in [3.8, 4) is 0 Å². The molecule has 0 aromatic heterocycles. The molecule has 4 atom stereocenters. The minimum absolute atomic E-state index is 0.00917. The average Bonchev–Trinajstić information content (AvgIpc) is 3.19. The van der Waals surface area contributed by atoms with E-state index < -0.39 is 0 Å². The number of nitrogens with two attached hydrogens (primary N) is 1. The Morgan fingerprint density at radius 2 is 2.00 bits per heavy atom. The second-order valence-corrected chi connectivity index (χ2v) is 7.11. The fourth-order valence-electron chi connectivity index (χ4n) is 4.19. The van der Waals surface area contributed by atoms with Crippen molar-refractivity contribution in [2.45, 2.75) is 45.2 Å². The third-order valence-corrected chi connectivity index (χ3v) is 5.47. The number of amides is 2. The zero-order valence-corrected chi connectivity index (χ0v) is 14.3. The SMILES string of the molecule is CCCNC(=O)c1cccc(CNC(=O)C2C3CCC(C3)C2N)c1. The molecule has 24 heavy (non-hydrogen) atoms. The quantitative estimate of drug-likeness (QED) is 0.744. The maximum atomic E-state index is 12.5. The van der Waals surface area contributed by atoms with Crippen molar-refractivity contribution in [1.29, 1.82) is 0 Å². The molecular formula is C19H27N3O2. The van der Waals surface area contributed by atoms with Crippen molar-refractivity contribution in [2.24, 2.45) is 23.5 Å². The number of carbonyl (C=O) groups is 2. The van der Waals surface area contributed by atoms with Gasteiger partial charge < -0.3 is 16.4 Å². The molecule has 2 bridgehead atoms. The molecule has 0 heterocycles. The molecule has 130 valence electrons. The van der Waals surface area contributed by atoms with Gasteiger partial charge in [0.1, 0.15) is 0 Å². The summed E-state index contributed by atoms with van der Waals surface area (Å²) in [6, 6.07) is 7.42. The van der Waals surface area contributed by atoms with Crippen LogP contribution < -0.4 is 16.4 Å². The maximum absolute atomic E-state index is 12.5. The van der Waals surface area contributed by atoms with Gasteiger partial charge in [-0.25, -0.2) is 0 Å². The highest BCUT2D eigenvalue weighted by atomic mass is 16.2. The minimum atomic E-state index is -0.0693. The van der Waals surface area contributed by atoms with Crippen LogP contribution in [0.15, 0.2) is 24.3 Å². The summed E-state index contributed by atoms with van der Waals surface area (Å²) < 4.78 is 0. The van der Waals surface area contributed by atoms with E-state index in [0.717, 1.165) is 24.8 Å². The van der Waals surface area contributed by atoms with Crippen LogP contribution in [0.2, 0.25) is 0 Å². The van der Waals surface area contributed by atoms with Gasteiger partial charge in [-0.2, -0.15) is 0 Å². The van der Waals surface area contributed by atoms with Gasteiger partial charge in [-0.05, 0) is 55.2 Å². The molecule has 1 aromatic carbocycles. The number of hydrogen-bond donors (Lipinski definition) is 3. The van der Waals surface area contributed by atoms with Gasteiger partial charge in [0.05, 0.1) is 5.92 Å². The van der Waals surface area contributed by atoms with E-state index in [1.807, 2.05) is 25.1 Å². The highest BCUT2D eigenvalue weighted by Crippen LogP contribution is 2.47. The van der Waals surface area contributed by atoms with Crippen molar-refractivity contribution in [3.05, 3.63) is 35.4 Å². The number of fused-ring (bicyclic) bond motifs is 2. The van der Waals surface area contributed by atoms with Crippen molar-refractivity contribution in [1.82, 2.24) is 10.6 Å². The van der Waals surface area contributed by atoms with Crippen LogP contribution in [0.5, 0.6) is 0 Å². The molecule has 4 unspecified atom stereocenters. The normalized spacial score (nSPS) is 27.9. The largest absolute Gasteiger partial charge is 0.352 e. The van der Waals surface area contributed by atoms with Crippen LogP contribution in [0, 0.1) is 17.8 Å². The molecule has 2 fully saturated rings. The number of hydrogen-bond acceptors (Lipinski definition) is 3. The molecule has 1 aromatic rings. The van der Waals surface area contributed by atoms with Crippen molar-refractivity contribution < 1.29 is 9.59 Å². The van der Waals surface area contributed by atoms with Crippen molar-refractivity contribution in [2.75, 3.05) is 6.54 Å². The smallest absolute Gasteiger partial charge is 0.251 e. The maximum Gasteiger partial charge on any atom is 0.251 e. The molecule has 0 saturated heterocycles. The van der Waals surface area contributed by atoms with E-state index in [4.69, 9.17) is 5.73 Å². The van der Waals surface area contributed by atoms with E-state index in [1.165, 1.54) is 6.42 Å². The standard InChI is InChI=1S/C19H27N3O2/c1-2-8-21-18(23)15-5-3-4-12(9-15)11-22-19(24)16-13-6-7-14(10-13)17(16)20/h3-5,9,13-14,16-17H,2,6-8,10-11,20H2,1H3,(H,21,23)(H,22,24). The topological polar surface area (TPSA) is 84.2 Å². The number of nitrogens with one attached hydrogen (secondary N) is 2. The Morgan fingerprint density at radius 1 is 1.21 bits per heavy atom. The summed E-state index contributed by atoms with van der Waals surface area (Å²) in [5.74, 6) is 0.933. The highest BCUT2D eigenvalue weighted by Gasteiger charge is 2.48. The first-order chi connectivity index (χ1) is 11.6. The third kappa shape index (κ3) is 3.46. The van der Waals surface area contributed by atoms with Gasteiger partial charge in [-0.15, -0.1) is 0 Å². The summed E-state index contributed by atoms with van der Waals surface area (Å²) in [7, 11) is 0. The first-order valence-electron chi connectivity index (χ1n) is 9.00. The average molecular weight is 329 g/mol. The molecule has 5 heteroatoms. The Balaban J connectivity index is 1.57. The van der Waals surface area contributed by atoms with E-state index >= 15 is 0 Å². The van der Waals surface area contributed by atoms with E-state index in [0.29, 0.717) is 30.5 Å². The second kappa shape index (κ2) is 7.34. The van der Waals surface area contributed by atoms with Gasteiger partial charge in [-0.3, -0.25) is 9.59 Å². The Morgan fingerprint density at radius 3 is 2.71 bits per heavy atom. The van der Waals surface area contributed by atoms with Gasteiger partial charge in [0, 0.05) is 24.7 Å². The van der Waals surface area contributed by atoms with E-state index in [1.54, 1.807) is 6.07 Å². The molecule has 2 aliphatic rings. The number of benzene rings is 1. The van der Waals surface area contributed by atoms with Crippen molar-refractivity contribution >= 4 is 11.8 Å². The summed E-state index contributed by atoms with van der Waals surface area (Å²) >= 11 is 0. The van der Waals surface area contributed by atoms with E-state index in [9.17, 15) is 9.59 Å². The molecule has 3 rings (SSSR count). The van der Waals surface area contributed by atoms with E-state index in [-0.39, 0.29) is 23.8 Å². The second-order valence-electron chi connectivity index (χ2n) is 7.11. The summed E-state index contributed by atoms with van der Waals surface area (Å²) in [5, 5.41) is 5.88. The lowest BCUT2D eigenvalue weighted by molar-refractivity contribution is -0.127. The van der Waals surface area contributed by atoms with Crippen molar-refractivity contribution in [3.63, 3.8) is 0 Å². The van der Waals surface area contributed by atoms with E-state index in [2.05, 4.69) is 10.6 Å². The predicted octanol–water partition coefficient (Wildman–Crippen LogP) is 1.82. The van der Waals surface area contributed by atoms with Crippen LogP contribution >= 0.6 is 0 Å². The first kappa shape index (κ1) is 17.0. The van der Waals surface area contributed by atoms with Gasteiger partial charge in [-0.1, -0.05) is 19.1 Å². The van der Waals surface area contributed by atoms with Crippen LogP contribution in [0.25, 0.3) is 0 Å². The van der Waals surface area contributed by atoms with Gasteiger partial charge in [0.15, 0.2) is 0 Å². The molecule has 2 saturated carbocycles. The lowest BCUT2D eigenvalue weighted by atomic mass is 9.84. The van der Waals surface area contributed by atoms with Gasteiger partial charge in [0.2, 0.25) is 5.91 Å². The Hall–Kier alpha value is -1.88. The number of rotatable bonds is 6. The van der Waals surface area contributed by atoms with Crippen LogP contribution in [0.4, 0.5) is 0 Å². The highest BCUT2D eigenvalue weighted by molar-refractivity contribution is 5.94. The lowest BCUT2D eigenvalue weighted by Crippen LogP contribution is -2.45. The molecule has 4 N–H and O–H groups in total. The third-order valence-electron chi connectivity index (χ3n) is 5.47. The molecule has 0 aliphatic heterocycles. The molecular weight excluding hydrogens is 302 g/mol. The van der Waals surface area contributed by atoms with Gasteiger partial charge >= 0.3 is 0 Å². The van der Waals surface area contributed by atoms with Gasteiger partial charge in [0.25, 0.3) is 5.91 Å². The monoisotopic (exact) mass is 329 g/mol. The lowest BCUT2D eigenvalue weighted by Gasteiger charge is -2.27. The van der Waals surface area contributed by atoms with Crippen LogP contribution in [-0.4, -0.2) is 24.4 Å². The molecule has 2 amide bonds. The first-order valence-corrected chi connectivity index (χ1v) is 9.00. The molecule has 0 spiro atoms. The zero-order valence-electron chi connectivity index (χ0n) is 14.3. The molecule has 0 radical (unpaired) electrons. The minimum Gasteiger partial charge on any atom is -0.352 e. The summed E-state index contributed by atoms with van der Waals surface area (Å²) in [6.07, 6.45) is 4.31. The zero-order chi connectivity index (χ0) is 17.1. The molecule has 2 aliphatic carbocycles. The fourth-order valence-corrected chi connectivity index (χ4v) is 4.19. The summed E-state index contributed by atoms with van der Waals surface area (Å²) in [5.41, 5.74) is 7.80. The summed E-state index contributed by atoms with van der Waals surface area (Å²) in [6.45, 7) is 3.13.